The quantitative estimate of drug-likeness (QED) is 0.655. The molecule has 1 aromatic rings. The molecule has 0 saturated heterocycles. The van der Waals surface area contributed by atoms with Crippen LogP contribution in [0.25, 0.3) is 0 Å². The molecule has 1 aromatic carbocycles. The number of nitrogens with one attached hydrogen (secondary N) is 1. The van der Waals surface area contributed by atoms with E-state index in [2.05, 4.69) is 5.32 Å². The van der Waals surface area contributed by atoms with E-state index in [1.54, 1.807) is 13.0 Å². The van der Waals surface area contributed by atoms with Gasteiger partial charge in [0.05, 0.1) is 11.5 Å². The van der Waals surface area contributed by atoms with Gasteiger partial charge in [0.25, 0.3) is 15.0 Å². The molecular formula is C11H14ClNO4S. The second kappa shape index (κ2) is 6.17. The second-order valence-electron chi connectivity index (χ2n) is 3.72. The van der Waals surface area contributed by atoms with Crippen LogP contribution in [0.15, 0.2) is 23.1 Å². The van der Waals surface area contributed by atoms with Gasteiger partial charge in [0, 0.05) is 29.9 Å². The lowest BCUT2D eigenvalue weighted by Gasteiger charge is -2.07. The maximum atomic E-state index is 11.7. The maximum absolute atomic E-state index is 11.7. The average Bonchev–Trinajstić information content (AvgIpc) is 2.27. The number of halogens is 1. The molecule has 1 amide bonds. The SMILES string of the molecule is COCCNC(=O)c1cc(C)cc(S(=O)(=O)Cl)c1. The van der Waals surface area contributed by atoms with Gasteiger partial charge >= 0.3 is 0 Å². The molecule has 0 saturated carbocycles. The molecule has 0 unspecified atom stereocenters. The van der Waals surface area contributed by atoms with Crippen molar-refractivity contribution in [3.63, 3.8) is 0 Å². The van der Waals surface area contributed by atoms with Crippen LogP contribution in [0.5, 0.6) is 0 Å². The number of rotatable bonds is 5. The van der Waals surface area contributed by atoms with Crippen molar-refractivity contribution in [3.05, 3.63) is 29.3 Å². The maximum Gasteiger partial charge on any atom is 0.261 e. The molecule has 0 heterocycles. The van der Waals surface area contributed by atoms with Gasteiger partial charge in [-0.05, 0) is 30.7 Å². The largest absolute Gasteiger partial charge is 0.383 e. The van der Waals surface area contributed by atoms with E-state index in [0.29, 0.717) is 18.7 Å². The predicted octanol–water partition coefficient (Wildman–Crippen LogP) is 1.30. The Hall–Kier alpha value is -1.11. The van der Waals surface area contributed by atoms with E-state index in [0.717, 1.165) is 0 Å². The Bertz CT molecular complexity index is 542. The number of amides is 1. The van der Waals surface area contributed by atoms with Gasteiger partial charge in [-0.15, -0.1) is 0 Å². The van der Waals surface area contributed by atoms with Gasteiger partial charge in [-0.3, -0.25) is 4.79 Å². The summed E-state index contributed by atoms with van der Waals surface area (Å²) in [6, 6.07) is 4.25. The van der Waals surface area contributed by atoms with E-state index in [1.165, 1.54) is 19.2 Å². The van der Waals surface area contributed by atoms with Crippen LogP contribution < -0.4 is 5.32 Å². The summed E-state index contributed by atoms with van der Waals surface area (Å²) in [7, 11) is 2.94. The Morgan fingerprint density at radius 2 is 2.06 bits per heavy atom. The van der Waals surface area contributed by atoms with E-state index in [1.807, 2.05) is 0 Å². The highest BCUT2D eigenvalue weighted by Crippen LogP contribution is 2.18. The zero-order valence-electron chi connectivity index (χ0n) is 10.1. The van der Waals surface area contributed by atoms with Crippen molar-refractivity contribution in [2.75, 3.05) is 20.3 Å². The van der Waals surface area contributed by atoms with Gasteiger partial charge in [-0.2, -0.15) is 0 Å². The molecule has 7 heteroatoms. The van der Waals surface area contributed by atoms with E-state index in [4.69, 9.17) is 15.4 Å². The first-order valence-electron chi connectivity index (χ1n) is 5.18. The number of ether oxygens (including phenoxy) is 1. The molecule has 0 aliphatic rings. The molecular weight excluding hydrogens is 278 g/mol. The number of hydrogen-bond donors (Lipinski definition) is 1. The number of benzene rings is 1. The molecule has 0 aromatic heterocycles. The fourth-order valence-electron chi connectivity index (χ4n) is 1.39. The van der Waals surface area contributed by atoms with Crippen LogP contribution in [0.3, 0.4) is 0 Å². The minimum Gasteiger partial charge on any atom is -0.383 e. The molecule has 0 bridgehead atoms. The number of aryl methyl sites for hydroxylation is 1. The summed E-state index contributed by atoms with van der Waals surface area (Å²) in [5.74, 6) is -0.364. The monoisotopic (exact) mass is 291 g/mol. The lowest BCUT2D eigenvalue weighted by molar-refractivity contribution is 0.0937. The van der Waals surface area contributed by atoms with Gasteiger partial charge in [0.2, 0.25) is 0 Å². The summed E-state index contributed by atoms with van der Waals surface area (Å²) < 4.78 is 27.3. The lowest BCUT2D eigenvalue weighted by atomic mass is 10.1. The number of methoxy groups -OCH3 is 1. The molecule has 0 radical (unpaired) electrons. The summed E-state index contributed by atoms with van der Waals surface area (Å²) in [6.07, 6.45) is 0. The molecule has 0 aliphatic heterocycles. The third kappa shape index (κ3) is 4.29. The van der Waals surface area contributed by atoms with Crippen molar-refractivity contribution in [1.82, 2.24) is 5.32 Å². The molecule has 100 valence electrons. The summed E-state index contributed by atoms with van der Waals surface area (Å²) in [6.45, 7) is 2.43. The van der Waals surface area contributed by atoms with Crippen molar-refractivity contribution >= 4 is 25.6 Å². The van der Waals surface area contributed by atoms with E-state index < -0.39 is 9.05 Å². The van der Waals surface area contributed by atoms with Crippen molar-refractivity contribution < 1.29 is 17.9 Å². The Labute approximate surface area is 111 Å². The van der Waals surface area contributed by atoms with Crippen molar-refractivity contribution in [2.24, 2.45) is 0 Å². The van der Waals surface area contributed by atoms with Crippen LogP contribution in [-0.4, -0.2) is 34.6 Å². The summed E-state index contributed by atoms with van der Waals surface area (Å²) in [4.78, 5) is 11.7. The molecule has 1 N–H and O–H groups in total. The standard InChI is InChI=1S/C11H14ClNO4S/c1-8-5-9(11(14)13-3-4-17-2)7-10(6-8)18(12,15)16/h5-7H,3-4H2,1-2H3,(H,13,14). The molecule has 5 nitrogen and oxygen atoms in total. The fourth-order valence-corrected chi connectivity index (χ4v) is 2.25. The molecule has 0 aliphatic carbocycles. The lowest BCUT2D eigenvalue weighted by Crippen LogP contribution is -2.27. The first-order valence-corrected chi connectivity index (χ1v) is 7.49. The summed E-state index contributed by atoms with van der Waals surface area (Å²) >= 11 is 0. The second-order valence-corrected chi connectivity index (χ2v) is 6.29. The van der Waals surface area contributed by atoms with E-state index in [-0.39, 0.29) is 16.4 Å². The smallest absolute Gasteiger partial charge is 0.261 e. The van der Waals surface area contributed by atoms with Crippen molar-refractivity contribution in [1.29, 1.82) is 0 Å². The van der Waals surface area contributed by atoms with Crippen LogP contribution in [0.1, 0.15) is 15.9 Å². The fraction of sp³-hybridized carbons (Fsp3) is 0.364. The first kappa shape index (κ1) is 14.9. The Kier molecular flexibility index (Phi) is 5.13. The number of carbonyl (C=O) groups excluding carboxylic acids is 1. The average molecular weight is 292 g/mol. The zero-order valence-corrected chi connectivity index (χ0v) is 11.6. The highest BCUT2D eigenvalue weighted by atomic mass is 35.7. The van der Waals surface area contributed by atoms with E-state index in [9.17, 15) is 13.2 Å². The summed E-state index contributed by atoms with van der Waals surface area (Å²) in [5, 5.41) is 2.60. The van der Waals surface area contributed by atoms with Gasteiger partial charge in [0.15, 0.2) is 0 Å². The van der Waals surface area contributed by atoms with Crippen molar-refractivity contribution in [3.8, 4) is 0 Å². The van der Waals surface area contributed by atoms with Gasteiger partial charge in [-0.25, -0.2) is 8.42 Å². The normalized spacial score (nSPS) is 11.3. The van der Waals surface area contributed by atoms with Gasteiger partial charge < -0.3 is 10.1 Å². The van der Waals surface area contributed by atoms with Crippen LogP contribution in [0.4, 0.5) is 0 Å². The topological polar surface area (TPSA) is 72.5 Å². The van der Waals surface area contributed by atoms with Crippen molar-refractivity contribution in [2.45, 2.75) is 11.8 Å². The Balaban J connectivity index is 2.96. The highest BCUT2D eigenvalue weighted by molar-refractivity contribution is 8.13. The van der Waals surface area contributed by atoms with E-state index >= 15 is 0 Å². The molecule has 0 spiro atoms. The minimum absolute atomic E-state index is 0.0824. The molecule has 18 heavy (non-hydrogen) atoms. The number of carbonyl (C=O) groups is 1. The molecule has 0 atom stereocenters. The van der Waals surface area contributed by atoms with Crippen LogP contribution >= 0.6 is 10.7 Å². The third-order valence-corrected chi connectivity index (χ3v) is 3.52. The minimum atomic E-state index is -3.84. The Morgan fingerprint density at radius 3 is 2.61 bits per heavy atom. The predicted molar refractivity (Wildman–Crippen MR) is 68.4 cm³/mol. The van der Waals surface area contributed by atoms with Gasteiger partial charge in [-0.1, -0.05) is 0 Å². The summed E-state index contributed by atoms with van der Waals surface area (Å²) in [5.41, 5.74) is 0.902. The third-order valence-electron chi connectivity index (χ3n) is 2.19. The van der Waals surface area contributed by atoms with Crippen LogP contribution in [0, 0.1) is 6.92 Å². The van der Waals surface area contributed by atoms with Crippen LogP contribution in [0.2, 0.25) is 0 Å². The zero-order chi connectivity index (χ0) is 13.8. The highest BCUT2D eigenvalue weighted by Gasteiger charge is 2.14. The number of hydrogen-bond acceptors (Lipinski definition) is 4. The van der Waals surface area contributed by atoms with Gasteiger partial charge in [0.1, 0.15) is 0 Å². The first-order chi connectivity index (χ1) is 8.34. The Morgan fingerprint density at radius 1 is 1.39 bits per heavy atom. The van der Waals surface area contributed by atoms with Crippen LogP contribution in [-0.2, 0) is 13.8 Å². The molecule has 0 fully saturated rings. The molecule has 1 rings (SSSR count).